The van der Waals surface area contributed by atoms with Crippen LogP contribution in [0.3, 0.4) is 0 Å². The molecule has 0 amide bonds. The number of benzene rings is 1. The zero-order valence-corrected chi connectivity index (χ0v) is 12.8. The van der Waals surface area contributed by atoms with Gasteiger partial charge in [-0.1, -0.05) is 12.1 Å². The number of hydrogen-bond donors (Lipinski definition) is 0. The van der Waals surface area contributed by atoms with Gasteiger partial charge < -0.3 is 9.47 Å². The molecular weight excluding hydrogens is 308 g/mol. The van der Waals surface area contributed by atoms with Crippen LogP contribution in [0.25, 0.3) is 0 Å². The average Bonchev–Trinajstić information content (AvgIpc) is 2.35. The van der Waals surface area contributed by atoms with E-state index in [1.165, 1.54) is 0 Å². The van der Waals surface area contributed by atoms with Gasteiger partial charge in [0.05, 0.1) is 16.5 Å². The Morgan fingerprint density at radius 1 is 1.53 bits per heavy atom. The van der Waals surface area contributed by atoms with Crippen LogP contribution in [0, 0.1) is 0 Å². The van der Waals surface area contributed by atoms with Crippen molar-refractivity contribution in [3.05, 3.63) is 28.2 Å². The van der Waals surface area contributed by atoms with E-state index in [9.17, 15) is 4.79 Å². The van der Waals surface area contributed by atoms with E-state index in [0.717, 1.165) is 0 Å². The van der Waals surface area contributed by atoms with Gasteiger partial charge in [-0.2, -0.15) is 0 Å². The molecular formula is C15H19BrO3. The first-order chi connectivity index (χ1) is 9.99. The van der Waals surface area contributed by atoms with Crippen molar-refractivity contribution < 1.29 is 18.4 Å². The summed E-state index contributed by atoms with van der Waals surface area (Å²) in [5.74, 6) is -0.335. The summed E-state index contributed by atoms with van der Waals surface area (Å²) in [7, 11) is 0. The fourth-order valence-corrected chi connectivity index (χ4v) is 2.49. The highest BCUT2D eigenvalue weighted by atomic mass is 79.9. The number of halogens is 1. The summed E-state index contributed by atoms with van der Waals surface area (Å²) in [5.41, 5.74) is -2.13. The standard InChI is InChI=1S/C15H19BrO3/c1-14(2,3)19-13(17)15(4)8-9-18-12-10(15)6-5-7-11(12)16/h5-7H,8-9H2,1-4H3/i4D3. The largest absolute Gasteiger partial charge is 0.492 e. The lowest BCUT2D eigenvalue weighted by atomic mass is 9.77. The summed E-state index contributed by atoms with van der Waals surface area (Å²) in [6, 6.07) is 5.07. The molecule has 0 saturated heterocycles. The molecule has 1 aromatic carbocycles. The minimum absolute atomic E-state index is 0.0574. The average molecular weight is 330 g/mol. The van der Waals surface area contributed by atoms with Crippen LogP contribution in [-0.4, -0.2) is 18.2 Å². The van der Waals surface area contributed by atoms with Gasteiger partial charge in [-0.25, -0.2) is 0 Å². The molecule has 0 spiro atoms. The molecule has 1 atom stereocenters. The Morgan fingerprint density at radius 3 is 2.89 bits per heavy atom. The normalized spacial score (nSPS) is 25.4. The number of carbonyl (C=O) groups excluding carboxylic acids is 1. The molecule has 0 N–H and O–H groups in total. The molecule has 0 saturated carbocycles. The third-order valence-electron chi connectivity index (χ3n) is 2.90. The van der Waals surface area contributed by atoms with Gasteiger partial charge in [-0.3, -0.25) is 4.79 Å². The van der Waals surface area contributed by atoms with E-state index in [0.29, 0.717) is 15.8 Å². The summed E-state index contributed by atoms with van der Waals surface area (Å²) < 4.78 is 35.6. The smallest absolute Gasteiger partial charge is 0.317 e. The van der Waals surface area contributed by atoms with E-state index in [1.54, 1.807) is 39.0 Å². The van der Waals surface area contributed by atoms with Crippen molar-refractivity contribution in [2.75, 3.05) is 6.61 Å². The van der Waals surface area contributed by atoms with Crippen molar-refractivity contribution in [3.8, 4) is 5.75 Å². The monoisotopic (exact) mass is 329 g/mol. The molecule has 1 aliphatic rings. The molecule has 0 bridgehead atoms. The van der Waals surface area contributed by atoms with Crippen molar-refractivity contribution >= 4 is 21.9 Å². The van der Waals surface area contributed by atoms with Crippen LogP contribution in [-0.2, 0) is 14.9 Å². The Hall–Kier alpha value is -1.03. The quantitative estimate of drug-likeness (QED) is 0.734. The summed E-state index contributed by atoms with van der Waals surface area (Å²) in [4.78, 5) is 12.8. The Labute approximate surface area is 126 Å². The predicted octanol–water partition coefficient (Wildman–Crippen LogP) is 3.83. The topological polar surface area (TPSA) is 35.5 Å². The highest BCUT2D eigenvalue weighted by Crippen LogP contribution is 2.43. The van der Waals surface area contributed by atoms with Gasteiger partial charge in [0, 0.05) is 16.1 Å². The highest BCUT2D eigenvalue weighted by Gasteiger charge is 2.43. The molecule has 2 rings (SSSR count). The van der Waals surface area contributed by atoms with Gasteiger partial charge in [0.2, 0.25) is 0 Å². The molecule has 0 radical (unpaired) electrons. The molecule has 1 unspecified atom stereocenters. The second kappa shape index (κ2) is 4.82. The van der Waals surface area contributed by atoms with Crippen LogP contribution in [0.2, 0.25) is 0 Å². The molecule has 1 aliphatic heterocycles. The van der Waals surface area contributed by atoms with Crippen molar-refractivity contribution in [1.82, 2.24) is 0 Å². The van der Waals surface area contributed by atoms with Crippen molar-refractivity contribution in [2.45, 2.75) is 45.1 Å². The molecule has 19 heavy (non-hydrogen) atoms. The number of esters is 1. The zero-order chi connectivity index (χ0) is 16.8. The second-order valence-electron chi connectivity index (χ2n) is 5.62. The summed E-state index contributed by atoms with van der Waals surface area (Å²) in [5, 5.41) is 0. The van der Waals surface area contributed by atoms with E-state index < -0.39 is 23.8 Å². The number of rotatable bonds is 1. The maximum Gasteiger partial charge on any atom is 0.317 e. The van der Waals surface area contributed by atoms with Gasteiger partial charge >= 0.3 is 5.97 Å². The minimum Gasteiger partial charge on any atom is -0.492 e. The van der Waals surface area contributed by atoms with Gasteiger partial charge in [0.25, 0.3) is 0 Å². The predicted molar refractivity (Wildman–Crippen MR) is 77.5 cm³/mol. The number of carbonyl (C=O) groups is 1. The van der Waals surface area contributed by atoms with Crippen LogP contribution in [0.1, 0.15) is 43.7 Å². The maximum atomic E-state index is 12.8. The molecule has 1 heterocycles. The minimum atomic E-state index is -2.53. The lowest BCUT2D eigenvalue weighted by Crippen LogP contribution is -2.42. The Kier molecular flexibility index (Phi) is 2.72. The molecule has 0 aliphatic carbocycles. The van der Waals surface area contributed by atoms with Gasteiger partial charge in [0.1, 0.15) is 11.4 Å². The van der Waals surface area contributed by atoms with E-state index in [-0.39, 0.29) is 13.0 Å². The first-order valence-electron chi connectivity index (χ1n) is 7.64. The van der Waals surface area contributed by atoms with Crippen LogP contribution in [0.5, 0.6) is 5.75 Å². The van der Waals surface area contributed by atoms with E-state index in [4.69, 9.17) is 13.6 Å². The molecule has 4 heteroatoms. The third-order valence-corrected chi connectivity index (χ3v) is 3.52. The lowest BCUT2D eigenvalue weighted by Gasteiger charge is -2.36. The lowest BCUT2D eigenvalue weighted by molar-refractivity contribution is -0.162. The van der Waals surface area contributed by atoms with Crippen molar-refractivity contribution in [3.63, 3.8) is 0 Å². The maximum absolute atomic E-state index is 12.8. The zero-order valence-electron chi connectivity index (χ0n) is 14.2. The van der Waals surface area contributed by atoms with Gasteiger partial charge in [0.15, 0.2) is 0 Å². The Balaban J connectivity index is 2.64. The number of para-hydroxylation sites is 1. The van der Waals surface area contributed by atoms with E-state index >= 15 is 0 Å². The molecule has 0 fully saturated rings. The first-order valence-corrected chi connectivity index (χ1v) is 6.93. The van der Waals surface area contributed by atoms with Crippen LogP contribution >= 0.6 is 15.9 Å². The third kappa shape index (κ3) is 2.78. The number of ether oxygens (including phenoxy) is 2. The van der Waals surface area contributed by atoms with Crippen molar-refractivity contribution in [2.24, 2.45) is 0 Å². The number of hydrogen-bond acceptors (Lipinski definition) is 3. The van der Waals surface area contributed by atoms with Crippen LogP contribution in [0.4, 0.5) is 0 Å². The molecule has 1 aromatic rings. The second-order valence-corrected chi connectivity index (χ2v) is 6.48. The van der Waals surface area contributed by atoms with E-state index in [1.807, 2.05) is 0 Å². The molecule has 0 aromatic heterocycles. The first kappa shape index (κ1) is 10.7. The molecule has 104 valence electrons. The molecule has 3 nitrogen and oxygen atoms in total. The summed E-state index contributed by atoms with van der Waals surface area (Å²) in [6.07, 6.45) is 0.0574. The SMILES string of the molecule is [2H]C([2H])([2H])C1(C(=O)OC(C)(C)C)CCOc2c(Br)cccc21. The van der Waals surface area contributed by atoms with Gasteiger partial charge in [-0.05, 0) is 49.6 Å². The number of fused-ring (bicyclic) bond motifs is 1. The highest BCUT2D eigenvalue weighted by molar-refractivity contribution is 9.10. The fraction of sp³-hybridized carbons (Fsp3) is 0.533. The summed E-state index contributed by atoms with van der Waals surface area (Å²) in [6.45, 7) is 2.78. The van der Waals surface area contributed by atoms with Crippen LogP contribution in [0.15, 0.2) is 22.7 Å². The van der Waals surface area contributed by atoms with Crippen LogP contribution < -0.4 is 4.74 Å². The Morgan fingerprint density at radius 2 is 2.26 bits per heavy atom. The fourth-order valence-electron chi connectivity index (χ4n) is 2.01. The Bertz CT molecular complexity index is 593. The summed E-state index contributed by atoms with van der Waals surface area (Å²) >= 11 is 3.35. The van der Waals surface area contributed by atoms with Crippen molar-refractivity contribution in [1.29, 1.82) is 0 Å². The van der Waals surface area contributed by atoms with Gasteiger partial charge in [-0.15, -0.1) is 0 Å². The van der Waals surface area contributed by atoms with E-state index in [2.05, 4.69) is 15.9 Å².